The molecule has 0 atom stereocenters. The standard InChI is InChI=1S/C11H21N3O2S/c1-4-13-9-11(7-10(13)8-12)17(15,16)14(5-2)6-3/h7,9H,4-6,8,12H2,1-3H3. The second-order valence-electron chi connectivity index (χ2n) is 3.75. The van der Waals surface area contributed by atoms with Crippen molar-refractivity contribution in [2.45, 2.75) is 38.8 Å². The molecule has 0 aliphatic heterocycles. The topological polar surface area (TPSA) is 68.3 Å². The van der Waals surface area contributed by atoms with E-state index in [-0.39, 0.29) is 0 Å². The number of rotatable bonds is 6. The van der Waals surface area contributed by atoms with Crippen molar-refractivity contribution >= 4 is 10.0 Å². The Hall–Kier alpha value is -0.850. The molecule has 0 aliphatic rings. The Kier molecular flexibility index (Phi) is 4.73. The number of aryl methyl sites for hydroxylation is 1. The summed E-state index contributed by atoms with van der Waals surface area (Å²) in [4.78, 5) is 0.337. The van der Waals surface area contributed by atoms with Crippen LogP contribution in [-0.2, 0) is 23.1 Å². The first kappa shape index (κ1) is 14.2. The summed E-state index contributed by atoms with van der Waals surface area (Å²) in [7, 11) is -3.37. The average molecular weight is 259 g/mol. The molecule has 17 heavy (non-hydrogen) atoms. The van der Waals surface area contributed by atoms with Gasteiger partial charge in [-0.2, -0.15) is 4.31 Å². The van der Waals surface area contributed by atoms with Crippen LogP contribution in [0.3, 0.4) is 0 Å². The molecule has 98 valence electrons. The highest BCUT2D eigenvalue weighted by Crippen LogP contribution is 2.18. The minimum Gasteiger partial charge on any atom is -0.349 e. The number of nitrogens with two attached hydrogens (primary N) is 1. The summed E-state index contributed by atoms with van der Waals surface area (Å²) in [6.45, 7) is 7.67. The quantitative estimate of drug-likeness (QED) is 0.828. The molecule has 0 aliphatic carbocycles. The fraction of sp³-hybridized carbons (Fsp3) is 0.636. The smallest absolute Gasteiger partial charge is 0.244 e. The predicted molar refractivity (Wildman–Crippen MR) is 68.1 cm³/mol. The maximum atomic E-state index is 12.3. The van der Waals surface area contributed by atoms with Crippen LogP contribution in [0.15, 0.2) is 17.2 Å². The van der Waals surface area contributed by atoms with Crippen LogP contribution in [0.1, 0.15) is 26.5 Å². The van der Waals surface area contributed by atoms with Gasteiger partial charge in [-0.3, -0.25) is 0 Å². The highest BCUT2D eigenvalue weighted by atomic mass is 32.2. The van der Waals surface area contributed by atoms with Gasteiger partial charge in [-0.05, 0) is 13.0 Å². The number of hydrogen-bond donors (Lipinski definition) is 1. The number of nitrogens with zero attached hydrogens (tertiary/aromatic N) is 2. The van der Waals surface area contributed by atoms with Crippen LogP contribution in [-0.4, -0.2) is 30.4 Å². The van der Waals surface area contributed by atoms with Crippen LogP contribution < -0.4 is 5.73 Å². The largest absolute Gasteiger partial charge is 0.349 e. The molecule has 0 amide bonds. The van der Waals surface area contributed by atoms with Gasteiger partial charge in [0.25, 0.3) is 0 Å². The molecule has 0 fully saturated rings. The lowest BCUT2D eigenvalue weighted by Crippen LogP contribution is -2.30. The first-order valence-corrected chi connectivity index (χ1v) is 7.34. The fourth-order valence-electron chi connectivity index (χ4n) is 1.85. The zero-order chi connectivity index (χ0) is 13.1. The molecule has 1 rings (SSSR count). The molecule has 0 radical (unpaired) electrons. The molecule has 1 aromatic heterocycles. The average Bonchev–Trinajstić information content (AvgIpc) is 2.73. The summed E-state index contributed by atoms with van der Waals surface area (Å²) in [5.74, 6) is 0. The first-order valence-electron chi connectivity index (χ1n) is 5.90. The summed E-state index contributed by atoms with van der Waals surface area (Å²) in [5, 5.41) is 0. The molecule has 0 unspecified atom stereocenters. The monoisotopic (exact) mass is 259 g/mol. The Morgan fingerprint density at radius 3 is 2.24 bits per heavy atom. The molecule has 0 spiro atoms. The number of sulfonamides is 1. The maximum absolute atomic E-state index is 12.3. The van der Waals surface area contributed by atoms with Gasteiger partial charge < -0.3 is 10.3 Å². The molecule has 1 aromatic rings. The van der Waals surface area contributed by atoms with E-state index in [1.165, 1.54) is 4.31 Å². The lowest BCUT2D eigenvalue weighted by Gasteiger charge is -2.17. The van der Waals surface area contributed by atoms with Crippen molar-refractivity contribution in [3.63, 3.8) is 0 Å². The SMILES string of the molecule is CCN(CC)S(=O)(=O)c1cc(CN)n(CC)c1. The van der Waals surface area contributed by atoms with Gasteiger partial charge in [-0.1, -0.05) is 13.8 Å². The van der Waals surface area contributed by atoms with Crippen molar-refractivity contribution in [3.05, 3.63) is 18.0 Å². The third-order valence-electron chi connectivity index (χ3n) is 2.85. The van der Waals surface area contributed by atoms with E-state index in [4.69, 9.17) is 5.73 Å². The van der Waals surface area contributed by atoms with Gasteiger partial charge in [0.1, 0.15) is 4.90 Å². The van der Waals surface area contributed by atoms with Crippen molar-refractivity contribution < 1.29 is 8.42 Å². The molecular weight excluding hydrogens is 238 g/mol. The van der Waals surface area contributed by atoms with E-state index in [0.29, 0.717) is 24.5 Å². The van der Waals surface area contributed by atoms with Gasteiger partial charge >= 0.3 is 0 Å². The highest BCUT2D eigenvalue weighted by Gasteiger charge is 2.23. The van der Waals surface area contributed by atoms with E-state index >= 15 is 0 Å². The Bertz CT molecular complexity index is 440. The minimum absolute atomic E-state index is 0.337. The fourth-order valence-corrected chi connectivity index (χ4v) is 3.37. The number of hydrogen-bond acceptors (Lipinski definition) is 3. The van der Waals surface area contributed by atoms with Crippen molar-refractivity contribution in [1.29, 1.82) is 0 Å². The summed E-state index contributed by atoms with van der Waals surface area (Å²) in [6.07, 6.45) is 1.66. The summed E-state index contributed by atoms with van der Waals surface area (Å²) in [6, 6.07) is 1.66. The Labute approximate surface area is 103 Å². The van der Waals surface area contributed by atoms with E-state index < -0.39 is 10.0 Å². The normalized spacial score (nSPS) is 12.3. The molecule has 6 heteroatoms. The van der Waals surface area contributed by atoms with Gasteiger partial charge in [-0.15, -0.1) is 0 Å². The number of aromatic nitrogens is 1. The van der Waals surface area contributed by atoms with Crippen molar-refractivity contribution in [1.82, 2.24) is 8.87 Å². The van der Waals surface area contributed by atoms with Crippen molar-refractivity contribution in [2.24, 2.45) is 5.73 Å². The molecule has 5 nitrogen and oxygen atoms in total. The zero-order valence-electron chi connectivity index (χ0n) is 10.7. The highest BCUT2D eigenvalue weighted by molar-refractivity contribution is 7.89. The van der Waals surface area contributed by atoms with E-state index in [0.717, 1.165) is 12.2 Å². The van der Waals surface area contributed by atoms with Crippen LogP contribution in [0.4, 0.5) is 0 Å². The van der Waals surface area contributed by atoms with Gasteiger partial charge in [0.05, 0.1) is 0 Å². The Morgan fingerprint density at radius 2 is 1.88 bits per heavy atom. The lowest BCUT2D eigenvalue weighted by atomic mass is 10.4. The summed E-state index contributed by atoms with van der Waals surface area (Å²) < 4.78 is 27.8. The minimum atomic E-state index is -3.37. The molecule has 0 saturated carbocycles. The van der Waals surface area contributed by atoms with Crippen molar-refractivity contribution in [2.75, 3.05) is 13.1 Å². The van der Waals surface area contributed by atoms with E-state index in [2.05, 4.69) is 0 Å². The third-order valence-corrected chi connectivity index (χ3v) is 4.87. The maximum Gasteiger partial charge on any atom is 0.244 e. The van der Waals surface area contributed by atoms with Crippen LogP contribution in [0.25, 0.3) is 0 Å². The molecule has 1 heterocycles. The second kappa shape index (κ2) is 5.66. The Balaban J connectivity index is 3.19. The third kappa shape index (κ3) is 2.70. The van der Waals surface area contributed by atoms with Gasteiger partial charge in [-0.25, -0.2) is 8.42 Å². The lowest BCUT2D eigenvalue weighted by molar-refractivity contribution is 0.445. The molecule has 0 bridgehead atoms. The van der Waals surface area contributed by atoms with Gasteiger partial charge in [0.15, 0.2) is 0 Å². The van der Waals surface area contributed by atoms with Crippen LogP contribution in [0, 0.1) is 0 Å². The summed E-state index contributed by atoms with van der Waals surface area (Å²) >= 11 is 0. The van der Waals surface area contributed by atoms with Gasteiger partial charge in [0, 0.05) is 38.1 Å². The molecule has 0 aromatic carbocycles. The van der Waals surface area contributed by atoms with Crippen molar-refractivity contribution in [3.8, 4) is 0 Å². The molecule has 2 N–H and O–H groups in total. The van der Waals surface area contributed by atoms with Gasteiger partial charge in [0.2, 0.25) is 10.0 Å². The molecular formula is C11H21N3O2S. The van der Waals surface area contributed by atoms with E-state index in [1.807, 2.05) is 25.3 Å². The Morgan fingerprint density at radius 1 is 1.29 bits per heavy atom. The summed E-state index contributed by atoms with van der Waals surface area (Å²) in [5.41, 5.74) is 6.44. The van der Waals surface area contributed by atoms with E-state index in [1.54, 1.807) is 12.3 Å². The van der Waals surface area contributed by atoms with Crippen LogP contribution in [0.5, 0.6) is 0 Å². The first-order chi connectivity index (χ1) is 8.01. The van der Waals surface area contributed by atoms with Crippen LogP contribution in [0.2, 0.25) is 0 Å². The second-order valence-corrected chi connectivity index (χ2v) is 5.68. The predicted octanol–water partition coefficient (Wildman–Crippen LogP) is 0.997. The zero-order valence-corrected chi connectivity index (χ0v) is 11.5. The van der Waals surface area contributed by atoms with Crippen LogP contribution >= 0.6 is 0 Å². The van der Waals surface area contributed by atoms with E-state index in [9.17, 15) is 8.42 Å². The molecule has 0 saturated heterocycles.